The maximum Gasteiger partial charge on any atom is 0.105 e. The molecule has 0 aliphatic carbocycles. The molecular weight excluding hydrogens is 422 g/mol. The van der Waals surface area contributed by atoms with Crippen LogP contribution in [-0.2, 0) is 17.8 Å². The Morgan fingerprint density at radius 2 is 1.31 bits per heavy atom. The molecule has 2 aliphatic heterocycles. The number of rotatable bonds is 0. The van der Waals surface area contributed by atoms with Gasteiger partial charge >= 0.3 is 0 Å². The van der Waals surface area contributed by atoms with Crippen molar-refractivity contribution in [2.45, 2.75) is 13.1 Å². The third-order valence-corrected chi connectivity index (χ3v) is 6.69. The predicted molar refractivity (Wildman–Crippen MR) is 115 cm³/mol. The van der Waals surface area contributed by atoms with Crippen LogP contribution in [0.5, 0.6) is 0 Å². The number of fused-ring (bicyclic) bond motifs is 6. The second kappa shape index (κ2) is 7.24. The van der Waals surface area contributed by atoms with E-state index in [0.29, 0.717) is 0 Å². The van der Waals surface area contributed by atoms with Gasteiger partial charge in [0.1, 0.15) is 26.2 Å². The number of halogens is 1. The van der Waals surface area contributed by atoms with Crippen LogP contribution in [0, 0.1) is 0 Å². The maximum atomic E-state index is 5.74. The van der Waals surface area contributed by atoms with E-state index in [2.05, 4.69) is 72.8 Å². The molecule has 6 rings (SSSR count). The van der Waals surface area contributed by atoms with Gasteiger partial charge in [-0.2, -0.15) is 0 Å². The Kier molecular flexibility index (Phi) is 4.70. The Morgan fingerprint density at radius 3 is 2.10 bits per heavy atom. The molecule has 2 aliphatic rings. The lowest BCUT2D eigenvalue weighted by molar-refractivity contribution is -0.959. The van der Waals surface area contributed by atoms with E-state index >= 15 is 0 Å². The summed E-state index contributed by atoms with van der Waals surface area (Å²) in [5.41, 5.74) is 5.83. The molecule has 1 spiro atoms. The van der Waals surface area contributed by atoms with Crippen LogP contribution < -0.4 is 17.0 Å². The first kappa shape index (κ1) is 18.8. The molecule has 0 saturated carbocycles. The van der Waals surface area contributed by atoms with E-state index in [0.717, 1.165) is 43.9 Å². The van der Waals surface area contributed by atoms with E-state index in [1.165, 1.54) is 43.8 Å². The summed E-state index contributed by atoms with van der Waals surface area (Å²) < 4.78 is 6.85. The molecule has 2 heterocycles. The van der Waals surface area contributed by atoms with Gasteiger partial charge in [-0.25, -0.2) is 0 Å². The number of quaternary nitrogens is 1. The van der Waals surface area contributed by atoms with Crippen LogP contribution in [0.15, 0.2) is 72.8 Å². The predicted octanol–water partition coefficient (Wildman–Crippen LogP) is 2.52. The summed E-state index contributed by atoms with van der Waals surface area (Å²) >= 11 is 0. The van der Waals surface area contributed by atoms with Crippen LogP contribution >= 0.6 is 0 Å². The lowest BCUT2D eigenvalue weighted by atomic mass is 9.90. The minimum Gasteiger partial charge on any atom is -1.00 e. The Balaban J connectivity index is 0.00000181. The van der Waals surface area contributed by atoms with Gasteiger partial charge < -0.3 is 26.2 Å². The van der Waals surface area contributed by atoms with Gasteiger partial charge in [0.2, 0.25) is 0 Å². The molecule has 0 bridgehead atoms. The van der Waals surface area contributed by atoms with E-state index < -0.39 is 0 Å². The highest BCUT2D eigenvalue weighted by molar-refractivity contribution is 6.01. The van der Waals surface area contributed by atoms with Crippen molar-refractivity contribution in [3.8, 4) is 11.1 Å². The SMILES string of the molecule is [Br-].c1ccc2cc3c(cc2c1)C[N+]1(CCOCC1)Cc1ccc2ccccc2c1-3. The molecule has 29 heavy (non-hydrogen) atoms. The molecule has 3 heteroatoms. The summed E-state index contributed by atoms with van der Waals surface area (Å²) in [7, 11) is 0. The van der Waals surface area contributed by atoms with Crippen molar-refractivity contribution in [3.63, 3.8) is 0 Å². The third kappa shape index (κ3) is 3.09. The van der Waals surface area contributed by atoms with E-state index in [9.17, 15) is 0 Å². The highest BCUT2D eigenvalue weighted by Crippen LogP contribution is 2.42. The molecule has 4 aromatic carbocycles. The zero-order chi connectivity index (χ0) is 18.6. The number of hydrogen-bond acceptors (Lipinski definition) is 1. The van der Waals surface area contributed by atoms with Crippen molar-refractivity contribution < 1.29 is 26.2 Å². The van der Waals surface area contributed by atoms with Crippen LogP contribution in [-0.4, -0.2) is 30.8 Å². The second-order valence-corrected chi connectivity index (χ2v) is 8.39. The first-order valence-corrected chi connectivity index (χ1v) is 10.3. The van der Waals surface area contributed by atoms with E-state index in [4.69, 9.17) is 4.74 Å². The Labute approximate surface area is 182 Å². The molecule has 0 atom stereocenters. The summed E-state index contributed by atoms with van der Waals surface area (Å²) in [6.45, 7) is 6.11. The van der Waals surface area contributed by atoms with Gasteiger partial charge in [0.15, 0.2) is 0 Å². The van der Waals surface area contributed by atoms with Crippen LogP contribution in [0.1, 0.15) is 11.1 Å². The van der Waals surface area contributed by atoms with E-state index in [1.807, 2.05) is 0 Å². The summed E-state index contributed by atoms with van der Waals surface area (Å²) in [4.78, 5) is 0. The average molecular weight is 446 g/mol. The standard InChI is InChI=1S/C26H24NO.BrH/c1-2-7-21-16-25-23(15-20(21)6-1)18-27(11-13-28-14-12-27)17-22-10-9-19-5-3-4-8-24(19)26(22)25;/h1-10,15-16H,11-14,17-18H2;1H/q+1;/p-1. The molecule has 1 saturated heterocycles. The number of morpholine rings is 1. The first-order valence-electron chi connectivity index (χ1n) is 10.3. The smallest absolute Gasteiger partial charge is 0.105 e. The monoisotopic (exact) mass is 445 g/mol. The zero-order valence-corrected chi connectivity index (χ0v) is 18.0. The fourth-order valence-electron chi connectivity index (χ4n) is 5.24. The molecule has 2 nitrogen and oxygen atoms in total. The van der Waals surface area contributed by atoms with Gasteiger partial charge in [0, 0.05) is 11.1 Å². The summed E-state index contributed by atoms with van der Waals surface area (Å²) in [5.74, 6) is 0. The minimum absolute atomic E-state index is 0. The van der Waals surface area contributed by atoms with Gasteiger partial charge in [0.25, 0.3) is 0 Å². The van der Waals surface area contributed by atoms with Crippen LogP contribution in [0.4, 0.5) is 0 Å². The van der Waals surface area contributed by atoms with Gasteiger partial charge in [-0.05, 0) is 44.8 Å². The highest BCUT2D eigenvalue weighted by atomic mass is 79.9. The molecule has 1 fully saturated rings. The zero-order valence-electron chi connectivity index (χ0n) is 16.4. The van der Waals surface area contributed by atoms with Crippen molar-refractivity contribution in [1.82, 2.24) is 0 Å². The number of benzene rings is 4. The maximum absolute atomic E-state index is 5.74. The van der Waals surface area contributed by atoms with E-state index in [-0.39, 0.29) is 17.0 Å². The highest BCUT2D eigenvalue weighted by Gasteiger charge is 2.36. The quantitative estimate of drug-likeness (QED) is 0.378. The fourth-order valence-corrected chi connectivity index (χ4v) is 5.24. The average Bonchev–Trinajstić information content (AvgIpc) is 2.86. The number of ether oxygens (including phenoxy) is 1. The molecule has 0 radical (unpaired) electrons. The number of hydrogen-bond donors (Lipinski definition) is 0. The van der Waals surface area contributed by atoms with Gasteiger partial charge in [-0.1, -0.05) is 60.7 Å². The number of nitrogens with zero attached hydrogens (tertiary/aromatic N) is 1. The Bertz CT molecular complexity index is 1210. The lowest BCUT2D eigenvalue weighted by Crippen LogP contribution is -3.00. The molecule has 0 N–H and O–H groups in total. The van der Waals surface area contributed by atoms with Gasteiger partial charge in [-0.3, -0.25) is 0 Å². The van der Waals surface area contributed by atoms with Crippen molar-refractivity contribution in [2.75, 3.05) is 26.3 Å². The molecule has 146 valence electrons. The molecule has 4 aromatic rings. The summed E-state index contributed by atoms with van der Waals surface area (Å²) in [5, 5.41) is 5.38. The first-order chi connectivity index (χ1) is 13.8. The van der Waals surface area contributed by atoms with Crippen molar-refractivity contribution in [1.29, 1.82) is 0 Å². The summed E-state index contributed by atoms with van der Waals surface area (Å²) in [6, 6.07) is 27.2. The summed E-state index contributed by atoms with van der Waals surface area (Å²) in [6.07, 6.45) is 0. The minimum atomic E-state index is 0. The normalized spacial score (nSPS) is 17.4. The van der Waals surface area contributed by atoms with Crippen LogP contribution in [0.3, 0.4) is 0 Å². The molecular formula is C26H24BrNO. The second-order valence-electron chi connectivity index (χ2n) is 8.39. The Morgan fingerprint density at radius 1 is 0.655 bits per heavy atom. The van der Waals surface area contributed by atoms with Crippen LogP contribution in [0.25, 0.3) is 32.7 Å². The van der Waals surface area contributed by atoms with Crippen LogP contribution in [0.2, 0.25) is 0 Å². The Hall–Kier alpha value is -2.20. The van der Waals surface area contributed by atoms with Gasteiger partial charge in [-0.15, -0.1) is 0 Å². The molecule has 0 aromatic heterocycles. The van der Waals surface area contributed by atoms with E-state index in [1.54, 1.807) is 0 Å². The molecule has 0 amide bonds. The third-order valence-electron chi connectivity index (χ3n) is 6.69. The van der Waals surface area contributed by atoms with Crippen molar-refractivity contribution in [3.05, 3.63) is 83.9 Å². The topological polar surface area (TPSA) is 9.23 Å². The lowest BCUT2D eigenvalue weighted by Gasteiger charge is -2.41. The van der Waals surface area contributed by atoms with Crippen molar-refractivity contribution in [2.24, 2.45) is 0 Å². The fraction of sp³-hybridized carbons (Fsp3) is 0.231. The van der Waals surface area contributed by atoms with Gasteiger partial charge in [0.05, 0.1) is 13.2 Å². The van der Waals surface area contributed by atoms with Crippen molar-refractivity contribution >= 4 is 21.5 Å². The molecule has 0 unspecified atom stereocenters. The largest absolute Gasteiger partial charge is 1.00 e.